The molecule has 0 radical (unpaired) electrons. The molecule has 11 heteroatoms. The summed E-state index contributed by atoms with van der Waals surface area (Å²) in [5.74, 6) is 0.321. The number of rotatable bonds is 6. The van der Waals surface area contributed by atoms with E-state index in [0.717, 1.165) is 32.2 Å². The molecule has 0 bridgehead atoms. The van der Waals surface area contributed by atoms with E-state index in [1.807, 2.05) is 36.2 Å². The van der Waals surface area contributed by atoms with Crippen molar-refractivity contribution in [3.63, 3.8) is 0 Å². The Labute approximate surface area is 220 Å². The first-order chi connectivity index (χ1) is 18.3. The van der Waals surface area contributed by atoms with Crippen molar-refractivity contribution in [1.82, 2.24) is 29.1 Å². The summed E-state index contributed by atoms with van der Waals surface area (Å²) in [6.07, 6.45) is 7.55. The minimum atomic E-state index is -1.07. The second-order valence-corrected chi connectivity index (χ2v) is 11.0. The molecule has 2 amide bonds. The van der Waals surface area contributed by atoms with Crippen molar-refractivity contribution < 1.29 is 14.7 Å². The van der Waals surface area contributed by atoms with Gasteiger partial charge in [-0.1, -0.05) is 6.07 Å². The van der Waals surface area contributed by atoms with E-state index < -0.39 is 5.60 Å². The Morgan fingerprint density at radius 3 is 2.66 bits per heavy atom. The number of likely N-dealkylation sites (N-methyl/N-ethyl adjacent to an activating group) is 1. The van der Waals surface area contributed by atoms with Crippen molar-refractivity contribution in [3.8, 4) is 5.69 Å². The van der Waals surface area contributed by atoms with Crippen LogP contribution in [0.2, 0.25) is 0 Å². The quantitative estimate of drug-likeness (QED) is 0.504. The number of nitrogens with zero attached hydrogens (tertiary/aromatic N) is 6. The number of nitrogens with one attached hydrogen (secondary N) is 1. The lowest BCUT2D eigenvalue weighted by Gasteiger charge is -2.38. The van der Waals surface area contributed by atoms with E-state index in [9.17, 15) is 19.5 Å². The largest absolute Gasteiger partial charge is 0.388 e. The van der Waals surface area contributed by atoms with Crippen LogP contribution in [0.25, 0.3) is 16.7 Å². The Morgan fingerprint density at radius 1 is 1.16 bits per heavy atom. The summed E-state index contributed by atoms with van der Waals surface area (Å²) < 4.78 is 3.01. The molecule has 0 spiro atoms. The van der Waals surface area contributed by atoms with Crippen LogP contribution in [0.15, 0.2) is 41.6 Å². The molecule has 2 saturated heterocycles. The average molecular weight is 520 g/mol. The predicted octanol–water partition coefficient (Wildman–Crippen LogP) is 1.38. The lowest BCUT2D eigenvalue weighted by atomic mass is 9.91. The van der Waals surface area contributed by atoms with E-state index in [4.69, 9.17) is 0 Å². The first-order valence-corrected chi connectivity index (χ1v) is 13.4. The zero-order valence-electron chi connectivity index (χ0n) is 21.5. The van der Waals surface area contributed by atoms with Crippen LogP contribution in [0.4, 0.5) is 5.69 Å². The third-order valence-electron chi connectivity index (χ3n) is 8.13. The van der Waals surface area contributed by atoms with Gasteiger partial charge in [-0.3, -0.25) is 23.9 Å². The molecular weight excluding hydrogens is 486 g/mol. The van der Waals surface area contributed by atoms with Crippen LogP contribution in [0.1, 0.15) is 38.5 Å². The van der Waals surface area contributed by atoms with E-state index in [0.29, 0.717) is 48.3 Å². The molecule has 2 aliphatic heterocycles. The topological polar surface area (TPSA) is 126 Å². The van der Waals surface area contributed by atoms with Crippen LogP contribution >= 0.6 is 0 Å². The van der Waals surface area contributed by atoms with E-state index in [2.05, 4.69) is 20.3 Å². The highest BCUT2D eigenvalue weighted by Gasteiger charge is 2.39. The lowest BCUT2D eigenvalue weighted by Crippen LogP contribution is -2.50. The standard InChI is InChI=1S/C27H33N7O4/c1-31-11-3-6-22(31)24(35)30-19-4-2-5-20(14-19)34-23-21(15-29-34)26(37)33(17-28-23)16-27(38)9-12-32(13-10-27)25(36)18-7-8-18/h2,4-5,14-15,17-18,22,38H,3,6-13,16H2,1H3,(H,30,35). The third-order valence-corrected chi connectivity index (χ3v) is 8.13. The van der Waals surface area contributed by atoms with Crippen LogP contribution in [0.5, 0.6) is 0 Å². The Bertz CT molecular complexity index is 1430. The number of benzene rings is 1. The molecule has 2 aromatic heterocycles. The smallest absolute Gasteiger partial charge is 0.264 e. The van der Waals surface area contributed by atoms with E-state index in [1.54, 1.807) is 4.68 Å². The number of aliphatic hydroxyl groups is 1. The molecule has 6 rings (SSSR count). The van der Waals surface area contributed by atoms with Gasteiger partial charge in [0.15, 0.2) is 5.65 Å². The highest BCUT2D eigenvalue weighted by molar-refractivity contribution is 5.95. The SMILES string of the molecule is CN1CCCC1C(=O)Nc1cccc(-n2ncc3c(=O)n(CC4(O)CCN(C(=O)C5CC5)CC4)cnc32)c1. The van der Waals surface area contributed by atoms with E-state index >= 15 is 0 Å². The van der Waals surface area contributed by atoms with E-state index in [-0.39, 0.29) is 35.9 Å². The number of hydrogen-bond acceptors (Lipinski definition) is 7. The van der Waals surface area contributed by atoms with Crippen molar-refractivity contribution in [2.24, 2.45) is 5.92 Å². The van der Waals surface area contributed by atoms with Gasteiger partial charge >= 0.3 is 0 Å². The van der Waals surface area contributed by atoms with Gasteiger partial charge in [-0.25, -0.2) is 9.67 Å². The zero-order valence-corrected chi connectivity index (χ0v) is 21.5. The van der Waals surface area contributed by atoms with Gasteiger partial charge < -0.3 is 15.3 Å². The number of amides is 2. The van der Waals surface area contributed by atoms with Crippen molar-refractivity contribution in [3.05, 3.63) is 47.1 Å². The summed E-state index contributed by atoms with van der Waals surface area (Å²) in [5, 5.41) is 18.9. The maximum Gasteiger partial charge on any atom is 0.264 e. The molecule has 11 nitrogen and oxygen atoms in total. The van der Waals surface area contributed by atoms with Crippen LogP contribution in [-0.4, -0.2) is 84.4 Å². The first-order valence-electron chi connectivity index (χ1n) is 13.4. The fourth-order valence-electron chi connectivity index (χ4n) is 5.64. The summed E-state index contributed by atoms with van der Waals surface area (Å²) in [6, 6.07) is 7.17. The molecule has 1 aliphatic carbocycles. The van der Waals surface area contributed by atoms with Crippen molar-refractivity contribution >= 4 is 28.5 Å². The summed E-state index contributed by atoms with van der Waals surface area (Å²) in [5.41, 5.74) is 0.379. The van der Waals surface area contributed by atoms with Gasteiger partial charge in [-0.2, -0.15) is 5.10 Å². The highest BCUT2D eigenvalue weighted by Crippen LogP contribution is 2.33. The second kappa shape index (κ2) is 9.63. The van der Waals surface area contributed by atoms with E-state index in [1.165, 1.54) is 17.1 Å². The molecular formula is C27H33N7O4. The monoisotopic (exact) mass is 519 g/mol. The van der Waals surface area contributed by atoms with Gasteiger partial charge in [-0.05, 0) is 70.3 Å². The predicted molar refractivity (Wildman–Crippen MR) is 141 cm³/mol. The van der Waals surface area contributed by atoms with Crippen LogP contribution in [-0.2, 0) is 16.1 Å². The lowest BCUT2D eigenvalue weighted by molar-refractivity contribution is -0.137. The van der Waals surface area contributed by atoms with Gasteiger partial charge in [0.25, 0.3) is 5.56 Å². The number of carbonyl (C=O) groups is 2. The number of hydrogen-bond donors (Lipinski definition) is 2. The van der Waals surface area contributed by atoms with Crippen LogP contribution in [0.3, 0.4) is 0 Å². The fourth-order valence-corrected chi connectivity index (χ4v) is 5.64. The number of aromatic nitrogens is 4. The molecule has 4 heterocycles. The van der Waals surface area contributed by atoms with Gasteiger partial charge in [0.05, 0.1) is 30.1 Å². The molecule has 1 aromatic carbocycles. The highest BCUT2D eigenvalue weighted by atomic mass is 16.3. The molecule has 1 unspecified atom stereocenters. The summed E-state index contributed by atoms with van der Waals surface area (Å²) in [4.78, 5) is 46.7. The molecule has 200 valence electrons. The molecule has 1 atom stereocenters. The first kappa shape index (κ1) is 24.7. The average Bonchev–Trinajstić information content (AvgIpc) is 3.52. The Kier molecular flexibility index (Phi) is 6.27. The summed E-state index contributed by atoms with van der Waals surface area (Å²) >= 11 is 0. The minimum absolute atomic E-state index is 0.0332. The van der Waals surface area contributed by atoms with Crippen LogP contribution in [0, 0.1) is 5.92 Å². The number of piperidine rings is 1. The summed E-state index contributed by atoms with van der Waals surface area (Å²) in [7, 11) is 1.96. The maximum absolute atomic E-state index is 13.3. The van der Waals surface area contributed by atoms with Gasteiger partial charge in [0.1, 0.15) is 11.7 Å². The van der Waals surface area contributed by atoms with Gasteiger partial charge in [0.2, 0.25) is 11.8 Å². The summed E-state index contributed by atoms with van der Waals surface area (Å²) in [6.45, 7) is 2.02. The van der Waals surface area contributed by atoms with Gasteiger partial charge in [0, 0.05) is 24.7 Å². The number of fused-ring (bicyclic) bond motifs is 1. The van der Waals surface area contributed by atoms with Crippen molar-refractivity contribution in [2.45, 2.75) is 56.7 Å². The minimum Gasteiger partial charge on any atom is -0.388 e. The number of carbonyl (C=O) groups excluding carboxylic acids is 2. The van der Waals surface area contributed by atoms with Crippen LogP contribution < -0.4 is 10.9 Å². The Balaban J connectivity index is 1.18. The Hall–Kier alpha value is -3.57. The molecule has 38 heavy (non-hydrogen) atoms. The molecule has 1 saturated carbocycles. The fraction of sp³-hybridized carbons (Fsp3) is 0.519. The third kappa shape index (κ3) is 4.71. The second-order valence-electron chi connectivity index (χ2n) is 11.0. The van der Waals surface area contributed by atoms with Crippen molar-refractivity contribution in [1.29, 1.82) is 0 Å². The molecule has 2 N–H and O–H groups in total. The number of likely N-dealkylation sites (tertiary alicyclic amines) is 2. The maximum atomic E-state index is 13.3. The molecule has 3 aliphatic rings. The zero-order chi connectivity index (χ0) is 26.4. The number of anilines is 1. The molecule has 3 aromatic rings. The Morgan fingerprint density at radius 2 is 1.95 bits per heavy atom. The van der Waals surface area contributed by atoms with Crippen molar-refractivity contribution in [2.75, 3.05) is 32.0 Å². The van der Waals surface area contributed by atoms with Gasteiger partial charge in [-0.15, -0.1) is 0 Å². The normalized spacial score (nSPS) is 21.6. The molecule has 3 fully saturated rings.